The number of nitrogens with zero attached hydrogens (tertiary/aromatic N) is 1. The highest BCUT2D eigenvalue weighted by Crippen LogP contribution is 2.37. The van der Waals surface area contributed by atoms with E-state index in [2.05, 4.69) is 16.3 Å². The van der Waals surface area contributed by atoms with E-state index in [0.717, 1.165) is 42.0 Å². The number of sulfonamides is 1. The average molecular weight is 446 g/mol. The van der Waals surface area contributed by atoms with E-state index in [9.17, 15) is 13.2 Å². The van der Waals surface area contributed by atoms with Gasteiger partial charge in [0.2, 0.25) is 15.9 Å². The highest BCUT2D eigenvalue weighted by Gasteiger charge is 2.28. The minimum Gasteiger partial charge on any atom is -0.486 e. The standard InChI is InChI=1S/C22H27N3O5S/c23-31(27,28)18-6-3-16(4-7-18)9-10-24-22(26)15-25-11-1-2-19(25)17-5-8-20-21(14-17)30-13-12-29-20/h3-8,14,19H,1-2,9-13,15H2,(H,24,26)(H2,23,27,28). The second-order valence-corrected chi connectivity index (χ2v) is 9.38. The Kier molecular flexibility index (Phi) is 6.45. The first-order valence-electron chi connectivity index (χ1n) is 10.4. The van der Waals surface area contributed by atoms with Gasteiger partial charge in [-0.2, -0.15) is 0 Å². The monoisotopic (exact) mass is 445 g/mol. The first kappa shape index (κ1) is 21.6. The zero-order valence-electron chi connectivity index (χ0n) is 17.2. The lowest BCUT2D eigenvalue weighted by Gasteiger charge is -2.26. The van der Waals surface area contributed by atoms with Gasteiger partial charge in [-0.3, -0.25) is 9.69 Å². The summed E-state index contributed by atoms with van der Waals surface area (Å²) in [5.74, 6) is 1.52. The topological polar surface area (TPSA) is 111 Å². The number of rotatable bonds is 7. The van der Waals surface area contributed by atoms with Crippen molar-refractivity contribution < 1.29 is 22.7 Å². The molecule has 2 aromatic rings. The van der Waals surface area contributed by atoms with Gasteiger partial charge in [0.15, 0.2) is 11.5 Å². The molecule has 1 atom stereocenters. The van der Waals surface area contributed by atoms with Gasteiger partial charge in [0.05, 0.1) is 11.4 Å². The quantitative estimate of drug-likeness (QED) is 0.670. The number of nitrogens with one attached hydrogen (secondary N) is 1. The number of primary sulfonamides is 1. The summed E-state index contributed by atoms with van der Waals surface area (Å²) < 4.78 is 33.9. The Morgan fingerprint density at radius 1 is 1.10 bits per heavy atom. The first-order valence-corrected chi connectivity index (χ1v) is 12.0. The Hall–Kier alpha value is -2.62. The summed E-state index contributed by atoms with van der Waals surface area (Å²) >= 11 is 0. The SMILES string of the molecule is NS(=O)(=O)c1ccc(CCNC(=O)CN2CCCC2c2ccc3c(c2)OCCO3)cc1. The van der Waals surface area contributed by atoms with Crippen molar-refractivity contribution in [3.05, 3.63) is 53.6 Å². The van der Waals surface area contributed by atoms with E-state index in [1.807, 2.05) is 12.1 Å². The number of hydrogen-bond donors (Lipinski definition) is 2. The molecule has 0 spiro atoms. The summed E-state index contributed by atoms with van der Waals surface area (Å²) in [5.41, 5.74) is 2.08. The maximum atomic E-state index is 12.5. The predicted molar refractivity (Wildman–Crippen MR) is 116 cm³/mol. The normalized spacial score (nSPS) is 18.7. The van der Waals surface area contributed by atoms with Crippen molar-refractivity contribution in [3.8, 4) is 11.5 Å². The molecule has 0 aliphatic carbocycles. The molecule has 4 rings (SSSR count). The highest BCUT2D eigenvalue weighted by atomic mass is 32.2. The van der Waals surface area contributed by atoms with Crippen molar-refractivity contribution in [2.45, 2.75) is 30.2 Å². The van der Waals surface area contributed by atoms with E-state index < -0.39 is 10.0 Å². The molecule has 1 fully saturated rings. The van der Waals surface area contributed by atoms with Crippen LogP contribution in [0.3, 0.4) is 0 Å². The summed E-state index contributed by atoms with van der Waals surface area (Å²) in [6.45, 7) is 2.82. The van der Waals surface area contributed by atoms with Crippen molar-refractivity contribution in [1.82, 2.24) is 10.2 Å². The van der Waals surface area contributed by atoms with E-state index in [1.165, 1.54) is 12.1 Å². The van der Waals surface area contributed by atoms with Crippen LogP contribution < -0.4 is 19.9 Å². The Morgan fingerprint density at radius 3 is 2.58 bits per heavy atom. The summed E-state index contributed by atoms with van der Waals surface area (Å²) in [7, 11) is -3.69. The molecule has 3 N–H and O–H groups in total. The zero-order valence-corrected chi connectivity index (χ0v) is 18.1. The van der Waals surface area contributed by atoms with Crippen LogP contribution >= 0.6 is 0 Å². The van der Waals surface area contributed by atoms with Crippen LogP contribution in [-0.4, -0.2) is 52.1 Å². The van der Waals surface area contributed by atoms with Crippen LogP contribution in [0.1, 0.15) is 30.0 Å². The fourth-order valence-electron chi connectivity index (χ4n) is 4.09. The fraction of sp³-hybridized carbons (Fsp3) is 0.409. The molecule has 1 unspecified atom stereocenters. The number of benzene rings is 2. The van der Waals surface area contributed by atoms with Crippen LogP contribution in [-0.2, 0) is 21.2 Å². The third-order valence-corrected chi connectivity index (χ3v) is 6.58. The van der Waals surface area contributed by atoms with E-state index in [1.54, 1.807) is 12.1 Å². The van der Waals surface area contributed by atoms with E-state index in [4.69, 9.17) is 14.6 Å². The largest absolute Gasteiger partial charge is 0.486 e. The van der Waals surface area contributed by atoms with Crippen LogP contribution in [0.5, 0.6) is 11.5 Å². The van der Waals surface area contributed by atoms with Gasteiger partial charge >= 0.3 is 0 Å². The zero-order chi connectivity index (χ0) is 21.8. The molecule has 9 heteroatoms. The van der Waals surface area contributed by atoms with Gasteiger partial charge in [-0.1, -0.05) is 18.2 Å². The number of fused-ring (bicyclic) bond motifs is 1. The van der Waals surface area contributed by atoms with Gasteiger partial charge < -0.3 is 14.8 Å². The summed E-state index contributed by atoms with van der Waals surface area (Å²) in [5, 5.41) is 8.07. The maximum absolute atomic E-state index is 12.5. The lowest BCUT2D eigenvalue weighted by molar-refractivity contribution is -0.122. The third kappa shape index (κ3) is 5.36. The molecule has 2 aromatic carbocycles. The first-order chi connectivity index (χ1) is 14.9. The Bertz CT molecular complexity index is 1040. The van der Waals surface area contributed by atoms with Crippen LogP contribution in [0.25, 0.3) is 0 Å². The van der Waals surface area contributed by atoms with Crippen LogP contribution in [0.2, 0.25) is 0 Å². The molecule has 2 aliphatic rings. The molecule has 0 saturated carbocycles. The molecule has 166 valence electrons. The molecular formula is C22H27N3O5S. The van der Waals surface area contributed by atoms with Crippen LogP contribution in [0, 0.1) is 0 Å². The minimum atomic E-state index is -3.69. The van der Waals surface area contributed by atoms with Crippen molar-refractivity contribution in [1.29, 1.82) is 0 Å². The number of nitrogens with two attached hydrogens (primary N) is 1. The number of amides is 1. The molecule has 2 aliphatic heterocycles. The smallest absolute Gasteiger partial charge is 0.238 e. The van der Waals surface area contributed by atoms with Crippen molar-refractivity contribution in [2.75, 3.05) is 32.8 Å². The van der Waals surface area contributed by atoms with Crippen LogP contribution in [0.15, 0.2) is 47.4 Å². The number of hydrogen-bond acceptors (Lipinski definition) is 6. The Labute approximate surface area is 182 Å². The third-order valence-electron chi connectivity index (χ3n) is 5.65. The van der Waals surface area contributed by atoms with E-state index >= 15 is 0 Å². The van der Waals surface area contributed by atoms with Crippen LogP contribution in [0.4, 0.5) is 0 Å². The molecule has 0 bridgehead atoms. The summed E-state index contributed by atoms with van der Waals surface area (Å²) in [4.78, 5) is 14.8. The van der Waals surface area contributed by atoms with Gasteiger partial charge in [-0.25, -0.2) is 13.6 Å². The molecule has 31 heavy (non-hydrogen) atoms. The molecule has 1 amide bonds. The average Bonchev–Trinajstić information content (AvgIpc) is 3.21. The molecular weight excluding hydrogens is 418 g/mol. The molecule has 0 aromatic heterocycles. The van der Waals surface area contributed by atoms with Gasteiger partial charge in [0.25, 0.3) is 0 Å². The summed E-state index contributed by atoms with van der Waals surface area (Å²) in [6.07, 6.45) is 2.66. The van der Waals surface area contributed by atoms with E-state index in [-0.39, 0.29) is 16.8 Å². The molecule has 8 nitrogen and oxygen atoms in total. The predicted octanol–water partition coefficient (Wildman–Crippen LogP) is 1.60. The fourth-order valence-corrected chi connectivity index (χ4v) is 4.61. The highest BCUT2D eigenvalue weighted by molar-refractivity contribution is 7.89. The minimum absolute atomic E-state index is 0.0226. The number of carbonyl (C=O) groups is 1. The number of ether oxygens (including phenoxy) is 2. The van der Waals surface area contributed by atoms with Crippen molar-refractivity contribution in [2.24, 2.45) is 5.14 Å². The van der Waals surface area contributed by atoms with Crippen molar-refractivity contribution in [3.63, 3.8) is 0 Å². The number of carbonyl (C=O) groups excluding carboxylic acids is 1. The lowest BCUT2D eigenvalue weighted by Crippen LogP contribution is -2.37. The molecule has 0 radical (unpaired) electrons. The number of likely N-dealkylation sites (tertiary alicyclic amines) is 1. The Morgan fingerprint density at radius 2 is 1.84 bits per heavy atom. The summed E-state index contributed by atoms with van der Waals surface area (Å²) in [6, 6.07) is 12.6. The second kappa shape index (κ2) is 9.25. The maximum Gasteiger partial charge on any atom is 0.238 e. The van der Waals surface area contributed by atoms with E-state index in [0.29, 0.717) is 32.7 Å². The van der Waals surface area contributed by atoms with Gasteiger partial charge in [-0.05, 0) is 61.2 Å². The lowest BCUT2D eigenvalue weighted by atomic mass is 10.0. The Balaban J connectivity index is 1.29. The van der Waals surface area contributed by atoms with Crippen molar-refractivity contribution >= 4 is 15.9 Å². The molecule has 1 saturated heterocycles. The van der Waals surface area contributed by atoms with Gasteiger partial charge in [0.1, 0.15) is 13.2 Å². The van der Waals surface area contributed by atoms with Gasteiger partial charge in [0, 0.05) is 12.6 Å². The van der Waals surface area contributed by atoms with Gasteiger partial charge in [-0.15, -0.1) is 0 Å². The molecule has 2 heterocycles. The second-order valence-electron chi connectivity index (χ2n) is 7.82.